The van der Waals surface area contributed by atoms with Gasteiger partial charge in [-0.05, 0) is 36.1 Å². The number of carbonyl (C=O) groups is 2. The van der Waals surface area contributed by atoms with Gasteiger partial charge in [0.2, 0.25) is 11.8 Å². The van der Waals surface area contributed by atoms with Crippen molar-refractivity contribution in [3.8, 4) is 0 Å². The van der Waals surface area contributed by atoms with Crippen LogP contribution in [-0.2, 0) is 29.1 Å². The summed E-state index contributed by atoms with van der Waals surface area (Å²) in [6.45, 7) is 1.98. The molecule has 2 heterocycles. The molecule has 1 N–H and O–H groups in total. The van der Waals surface area contributed by atoms with Gasteiger partial charge >= 0.3 is 0 Å². The SMILES string of the molecule is O=C(CCn1nnc2ccccc2c1=O)NCCCC(=O)N1CCc2ccccc2C1. The van der Waals surface area contributed by atoms with Crippen molar-refractivity contribution in [3.05, 3.63) is 70.0 Å². The molecule has 0 atom stereocenters. The van der Waals surface area contributed by atoms with Crippen molar-refractivity contribution in [2.75, 3.05) is 13.1 Å². The molecule has 2 aromatic carbocycles. The zero-order chi connectivity index (χ0) is 21.6. The molecule has 0 spiro atoms. The Hall–Kier alpha value is -3.55. The molecule has 0 bridgehead atoms. The molecule has 0 saturated carbocycles. The number of amides is 2. The minimum absolute atomic E-state index is 0.113. The van der Waals surface area contributed by atoms with Crippen molar-refractivity contribution < 1.29 is 9.59 Å². The first kappa shape index (κ1) is 20.7. The molecular weight excluding hydrogens is 394 g/mol. The maximum atomic E-state index is 12.5. The van der Waals surface area contributed by atoms with E-state index in [1.807, 2.05) is 17.0 Å². The van der Waals surface area contributed by atoms with Crippen molar-refractivity contribution >= 4 is 22.7 Å². The fourth-order valence-electron chi connectivity index (χ4n) is 3.80. The standard InChI is InChI=1S/C23H25N5O3/c29-21(12-15-28-23(31)19-8-3-4-9-20(19)25-26-28)24-13-5-10-22(30)27-14-11-17-6-1-2-7-18(17)16-27/h1-4,6-9H,5,10-16H2,(H,24,29). The Morgan fingerprint density at radius 3 is 2.65 bits per heavy atom. The molecule has 160 valence electrons. The Labute approximate surface area is 179 Å². The van der Waals surface area contributed by atoms with Crippen LogP contribution in [0.3, 0.4) is 0 Å². The number of benzene rings is 2. The number of nitrogens with one attached hydrogen (secondary N) is 1. The number of fused-ring (bicyclic) bond motifs is 2. The lowest BCUT2D eigenvalue weighted by Gasteiger charge is -2.29. The summed E-state index contributed by atoms with van der Waals surface area (Å²) in [4.78, 5) is 38.8. The first-order chi connectivity index (χ1) is 15.1. The minimum Gasteiger partial charge on any atom is -0.356 e. The van der Waals surface area contributed by atoms with Crippen LogP contribution >= 0.6 is 0 Å². The van der Waals surface area contributed by atoms with Crippen LogP contribution in [-0.4, -0.2) is 44.8 Å². The third-order valence-corrected chi connectivity index (χ3v) is 5.55. The molecule has 3 aromatic rings. The summed E-state index contributed by atoms with van der Waals surface area (Å²) in [5.74, 6) is -0.0667. The van der Waals surface area contributed by atoms with Crippen LogP contribution in [0.4, 0.5) is 0 Å². The summed E-state index contributed by atoms with van der Waals surface area (Å²) >= 11 is 0. The first-order valence-electron chi connectivity index (χ1n) is 10.6. The summed E-state index contributed by atoms with van der Waals surface area (Å²) in [6, 6.07) is 15.2. The topological polar surface area (TPSA) is 97.2 Å². The van der Waals surface area contributed by atoms with Crippen LogP contribution in [0.5, 0.6) is 0 Å². The van der Waals surface area contributed by atoms with Crippen molar-refractivity contribution in [2.24, 2.45) is 0 Å². The van der Waals surface area contributed by atoms with Gasteiger partial charge in [-0.1, -0.05) is 41.6 Å². The van der Waals surface area contributed by atoms with Crippen LogP contribution in [0.25, 0.3) is 10.9 Å². The van der Waals surface area contributed by atoms with Crippen molar-refractivity contribution in [1.29, 1.82) is 0 Å². The van der Waals surface area contributed by atoms with Crippen LogP contribution < -0.4 is 10.9 Å². The second-order valence-corrected chi connectivity index (χ2v) is 7.67. The Morgan fingerprint density at radius 2 is 1.77 bits per heavy atom. The number of rotatable bonds is 7. The van der Waals surface area contributed by atoms with E-state index < -0.39 is 0 Å². The van der Waals surface area contributed by atoms with E-state index in [0.717, 1.165) is 13.0 Å². The number of aromatic nitrogens is 3. The highest BCUT2D eigenvalue weighted by Gasteiger charge is 2.19. The fraction of sp³-hybridized carbons (Fsp3) is 0.348. The molecule has 0 aliphatic carbocycles. The van der Waals surface area contributed by atoms with Crippen LogP contribution in [0.1, 0.15) is 30.4 Å². The molecule has 8 nitrogen and oxygen atoms in total. The van der Waals surface area contributed by atoms with Gasteiger partial charge in [-0.3, -0.25) is 14.4 Å². The summed E-state index contributed by atoms with van der Waals surface area (Å²) in [5.41, 5.74) is 2.80. The van der Waals surface area contributed by atoms with E-state index in [2.05, 4.69) is 27.8 Å². The third kappa shape index (κ3) is 4.96. The van der Waals surface area contributed by atoms with Gasteiger partial charge in [-0.2, -0.15) is 0 Å². The number of aryl methyl sites for hydroxylation is 1. The van der Waals surface area contributed by atoms with E-state index in [9.17, 15) is 14.4 Å². The highest BCUT2D eigenvalue weighted by Crippen LogP contribution is 2.19. The second-order valence-electron chi connectivity index (χ2n) is 7.67. The molecule has 4 rings (SSSR count). The number of hydrogen-bond acceptors (Lipinski definition) is 5. The summed E-state index contributed by atoms with van der Waals surface area (Å²) < 4.78 is 1.21. The average molecular weight is 419 g/mol. The highest BCUT2D eigenvalue weighted by molar-refractivity contribution is 5.78. The van der Waals surface area contributed by atoms with Gasteiger partial charge < -0.3 is 10.2 Å². The molecule has 8 heteroatoms. The fourth-order valence-corrected chi connectivity index (χ4v) is 3.80. The number of hydrogen-bond donors (Lipinski definition) is 1. The lowest BCUT2D eigenvalue weighted by atomic mass is 9.99. The molecule has 0 fully saturated rings. The van der Waals surface area contributed by atoms with Crippen molar-refractivity contribution in [2.45, 2.75) is 38.8 Å². The van der Waals surface area contributed by atoms with E-state index in [1.165, 1.54) is 15.8 Å². The number of carbonyl (C=O) groups excluding carboxylic acids is 2. The van der Waals surface area contributed by atoms with Gasteiger partial charge in [-0.25, -0.2) is 4.68 Å². The molecule has 0 unspecified atom stereocenters. The second kappa shape index (κ2) is 9.51. The van der Waals surface area contributed by atoms with E-state index in [0.29, 0.717) is 36.8 Å². The van der Waals surface area contributed by atoms with Gasteiger partial charge in [0.25, 0.3) is 5.56 Å². The maximum Gasteiger partial charge on any atom is 0.277 e. The maximum absolute atomic E-state index is 12.5. The number of nitrogens with zero attached hydrogens (tertiary/aromatic N) is 4. The minimum atomic E-state index is -0.257. The molecule has 1 aliphatic heterocycles. The molecule has 31 heavy (non-hydrogen) atoms. The zero-order valence-electron chi connectivity index (χ0n) is 17.3. The smallest absolute Gasteiger partial charge is 0.277 e. The lowest BCUT2D eigenvalue weighted by molar-refractivity contribution is -0.132. The highest BCUT2D eigenvalue weighted by atomic mass is 16.2. The Balaban J connectivity index is 1.18. The van der Waals surface area contributed by atoms with Crippen molar-refractivity contribution in [3.63, 3.8) is 0 Å². The third-order valence-electron chi connectivity index (χ3n) is 5.55. The molecule has 0 radical (unpaired) electrons. The summed E-state index contributed by atoms with van der Waals surface area (Å²) in [6.07, 6.45) is 2.00. The van der Waals surface area contributed by atoms with Gasteiger partial charge in [0.15, 0.2) is 0 Å². The molecule has 0 saturated heterocycles. The van der Waals surface area contributed by atoms with Gasteiger partial charge in [0.05, 0.1) is 11.9 Å². The zero-order valence-corrected chi connectivity index (χ0v) is 17.3. The molecule has 1 aliphatic rings. The average Bonchev–Trinajstić information content (AvgIpc) is 2.81. The largest absolute Gasteiger partial charge is 0.356 e. The van der Waals surface area contributed by atoms with Gasteiger partial charge in [0, 0.05) is 32.5 Å². The van der Waals surface area contributed by atoms with Gasteiger partial charge in [-0.15, -0.1) is 5.10 Å². The Morgan fingerprint density at radius 1 is 1.00 bits per heavy atom. The quantitative estimate of drug-likeness (QED) is 0.588. The predicted octanol–water partition coefficient (Wildman–Crippen LogP) is 1.66. The van der Waals surface area contributed by atoms with E-state index >= 15 is 0 Å². The molecular formula is C23H25N5O3. The predicted molar refractivity (Wildman–Crippen MR) is 116 cm³/mol. The van der Waals surface area contributed by atoms with E-state index in [4.69, 9.17) is 0 Å². The van der Waals surface area contributed by atoms with E-state index in [1.54, 1.807) is 24.3 Å². The van der Waals surface area contributed by atoms with Crippen molar-refractivity contribution in [1.82, 2.24) is 25.2 Å². The first-order valence-corrected chi connectivity index (χ1v) is 10.6. The molecule has 2 amide bonds. The van der Waals surface area contributed by atoms with Crippen LogP contribution in [0, 0.1) is 0 Å². The lowest BCUT2D eigenvalue weighted by Crippen LogP contribution is -2.36. The van der Waals surface area contributed by atoms with Gasteiger partial charge in [0.1, 0.15) is 5.52 Å². The summed E-state index contributed by atoms with van der Waals surface area (Å²) in [5, 5.41) is 11.2. The van der Waals surface area contributed by atoms with Crippen LogP contribution in [0.15, 0.2) is 53.3 Å². The Bertz CT molecular complexity index is 1160. The normalized spacial score (nSPS) is 13.1. The monoisotopic (exact) mass is 419 g/mol. The van der Waals surface area contributed by atoms with E-state index in [-0.39, 0.29) is 30.3 Å². The molecule has 1 aromatic heterocycles. The van der Waals surface area contributed by atoms with Crippen LogP contribution in [0.2, 0.25) is 0 Å². The summed E-state index contributed by atoms with van der Waals surface area (Å²) in [7, 11) is 0. The Kier molecular flexibility index (Phi) is 6.35.